The second-order valence-electron chi connectivity index (χ2n) is 19.4. The van der Waals surface area contributed by atoms with Gasteiger partial charge in [-0.15, -0.1) is 6.58 Å². The Balaban J connectivity index is 1.51. The lowest BCUT2D eigenvalue weighted by atomic mass is 9.55. The van der Waals surface area contributed by atoms with Crippen LogP contribution >= 0.6 is 0 Å². The number of oxime groups is 1. The number of carbonyl (C=O) groups is 1. The molecule has 2 heterocycles. The van der Waals surface area contributed by atoms with Crippen LogP contribution in [0.4, 0.5) is 0 Å². The average Bonchev–Trinajstić information content (AvgIpc) is 3.77. The predicted octanol–water partition coefficient (Wildman–Crippen LogP) is 11.4. The van der Waals surface area contributed by atoms with Crippen LogP contribution < -0.4 is 18.9 Å². The first-order valence-electron chi connectivity index (χ1n) is 24.8. The van der Waals surface area contributed by atoms with Gasteiger partial charge in [0.1, 0.15) is 29.7 Å². The summed E-state index contributed by atoms with van der Waals surface area (Å²) in [5.41, 5.74) is 3.12. The molecule has 2 N–H and O–H groups in total. The zero-order chi connectivity index (χ0) is 46.2. The van der Waals surface area contributed by atoms with Gasteiger partial charge in [0.15, 0.2) is 11.5 Å². The van der Waals surface area contributed by atoms with E-state index >= 15 is 4.79 Å². The van der Waals surface area contributed by atoms with Gasteiger partial charge < -0.3 is 43.6 Å². The lowest BCUT2D eigenvalue weighted by Crippen LogP contribution is -2.70. The van der Waals surface area contributed by atoms with Crippen LogP contribution in [0.3, 0.4) is 0 Å². The Labute approximate surface area is 389 Å². The van der Waals surface area contributed by atoms with Gasteiger partial charge >= 0.3 is 0 Å². The number of hydrogen-bond acceptors (Lipinski definition) is 10. The zero-order valence-corrected chi connectivity index (χ0v) is 39.9. The van der Waals surface area contributed by atoms with E-state index in [2.05, 4.69) is 32.2 Å². The normalized spacial score (nSPS) is 23.5. The maximum Gasteiger partial charge on any atom is 0.239 e. The monoisotopic (exact) mass is 899 g/mol. The Hall–Kier alpha value is -4.32. The Bertz CT molecular complexity index is 1920. The third kappa shape index (κ3) is 12.8. The van der Waals surface area contributed by atoms with Gasteiger partial charge in [-0.05, 0) is 106 Å². The topological polar surface area (TPSA) is 129 Å². The van der Waals surface area contributed by atoms with Gasteiger partial charge in [-0.2, -0.15) is 0 Å². The molecule has 6 rings (SSSR count). The van der Waals surface area contributed by atoms with E-state index in [-0.39, 0.29) is 56.8 Å². The Morgan fingerprint density at radius 3 is 2.26 bits per heavy atom. The fraction of sp³-hybridized carbons (Fsp3) is 0.630. The standard InChI is InChI=1S/C54H78N2O9/c1-7-10-11-12-13-14-15-16-17-24-50(59)56(37-39-25-27-47-48(33-39)62-38-61-47)49-36-45(55-65-53(4,5)6)43-34-40(22-18-20-29-57)42(23-19-21-30-58)51-44-35-41(60-31-8-2)26-28-46(44)64-54(49,52(43)51)63-32-9-3/h8-9,25-28,33-35,40,42,49,51-52,57-58H,2-3,7,10-24,29-32,36-38H2,1,4-6H3. The SMILES string of the molecule is C=CCOc1ccc2c(c1)C1C(CCCCO)C(CCCCO)C=C3C(=NOC(C)(C)C)CC(N(Cc4ccc5c(c4)OCO5)C(=O)CCCCCCCCCCC)C(OCC=C)(O2)C31. The first-order valence-corrected chi connectivity index (χ1v) is 24.8. The van der Waals surface area contributed by atoms with Crippen molar-refractivity contribution in [2.75, 3.05) is 33.2 Å². The Morgan fingerprint density at radius 2 is 1.55 bits per heavy atom. The van der Waals surface area contributed by atoms with Gasteiger partial charge in [0, 0.05) is 44.1 Å². The molecule has 0 aromatic heterocycles. The number of benzene rings is 2. The molecule has 2 aromatic carbocycles. The number of allylic oxidation sites excluding steroid dienone is 1. The van der Waals surface area contributed by atoms with E-state index in [9.17, 15) is 10.2 Å². The smallest absolute Gasteiger partial charge is 0.239 e. The Morgan fingerprint density at radius 1 is 0.862 bits per heavy atom. The number of amides is 1. The molecule has 11 nitrogen and oxygen atoms in total. The summed E-state index contributed by atoms with van der Waals surface area (Å²) in [4.78, 5) is 23.6. The summed E-state index contributed by atoms with van der Waals surface area (Å²) in [7, 11) is 0. The molecule has 6 unspecified atom stereocenters. The summed E-state index contributed by atoms with van der Waals surface area (Å²) < 4.78 is 32.4. The number of ether oxygens (including phenoxy) is 5. The highest BCUT2D eigenvalue weighted by atomic mass is 16.7. The molecule has 11 heteroatoms. The van der Waals surface area contributed by atoms with E-state index in [1.165, 1.54) is 38.5 Å². The van der Waals surface area contributed by atoms with E-state index in [0.29, 0.717) is 55.3 Å². The lowest BCUT2D eigenvalue weighted by Gasteiger charge is -2.60. The van der Waals surface area contributed by atoms with Crippen LogP contribution in [-0.2, 0) is 20.9 Å². The molecule has 65 heavy (non-hydrogen) atoms. The number of carbonyl (C=O) groups excluding carboxylic acids is 1. The summed E-state index contributed by atoms with van der Waals surface area (Å²) in [5.74, 6) is 1.05. The van der Waals surface area contributed by atoms with Crippen LogP contribution in [0, 0.1) is 17.8 Å². The number of aliphatic hydroxyl groups is 2. The molecule has 2 aliphatic heterocycles. The molecule has 0 saturated heterocycles. The third-order valence-corrected chi connectivity index (χ3v) is 13.4. The number of unbranched alkanes of at least 4 members (excludes halogenated alkanes) is 10. The number of hydrogen-bond donors (Lipinski definition) is 2. The van der Waals surface area contributed by atoms with Crippen LogP contribution in [0.5, 0.6) is 23.0 Å². The fourth-order valence-corrected chi connectivity index (χ4v) is 10.4. The van der Waals surface area contributed by atoms with Gasteiger partial charge in [-0.3, -0.25) is 4.79 Å². The van der Waals surface area contributed by atoms with Crippen LogP contribution in [0.25, 0.3) is 0 Å². The molecule has 2 aromatic rings. The number of nitrogens with zero attached hydrogens (tertiary/aromatic N) is 2. The van der Waals surface area contributed by atoms with Crippen molar-refractivity contribution in [3.05, 3.63) is 84.5 Å². The van der Waals surface area contributed by atoms with E-state index in [0.717, 1.165) is 67.4 Å². The maximum atomic E-state index is 15.3. The minimum absolute atomic E-state index is 0.0250. The van der Waals surface area contributed by atoms with Crippen LogP contribution in [0.15, 0.2) is 78.5 Å². The van der Waals surface area contributed by atoms with Crippen molar-refractivity contribution in [1.82, 2.24) is 4.90 Å². The summed E-state index contributed by atoms with van der Waals surface area (Å²) in [6.07, 6.45) is 21.7. The second-order valence-corrected chi connectivity index (χ2v) is 19.4. The van der Waals surface area contributed by atoms with Gasteiger partial charge in [-0.1, -0.05) is 107 Å². The van der Waals surface area contributed by atoms with Crippen molar-refractivity contribution in [2.24, 2.45) is 22.9 Å². The minimum atomic E-state index is -1.36. The molecule has 0 spiro atoms. The summed E-state index contributed by atoms with van der Waals surface area (Å²) in [5, 5.41) is 25.0. The van der Waals surface area contributed by atoms with Gasteiger partial charge in [0.25, 0.3) is 0 Å². The van der Waals surface area contributed by atoms with Crippen molar-refractivity contribution < 1.29 is 43.5 Å². The van der Waals surface area contributed by atoms with Crippen LogP contribution in [0.2, 0.25) is 0 Å². The molecule has 1 fully saturated rings. The molecular formula is C54H78N2O9. The van der Waals surface area contributed by atoms with Gasteiger partial charge in [0.05, 0.1) is 18.2 Å². The highest BCUT2D eigenvalue weighted by Crippen LogP contribution is 2.62. The van der Waals surface area contributed by atoms with Crippen molar-refractivity contribution in [3.8, 4) is 23.0 Å². The van der Waals surface area contributed by atoms with E-state index in [1.54, 1.807) is 12.2 Å². The zero-order valence-electron chi connectivity index (χ0n) is 39.9. The first kappa shape index (κ1) is 50.1. The van der Waals surface area contributed by atoms with E-state index in [4.69, 9.17) is 33.7 Å². The molecule has 1 amide bonds. The molecule has 6 atom stereocenters. The summed E-state index contributed by atoms with van der Waals surface area (Å²) in [6.45, 7) is 17.4. The summed E-state index contributed by atoms with van der Waals surface area (Å²) in [6, 6.07) is 11.3. The maximum absolute atomic E-state index is 15.3. The van der Waals surface area contributed by atoms with Crippen molar-refractivity contribution in [3.63, 3.8) is 0 Å². The fourth-order valence-electron chi connectivity index (χ4n) is 10.4. The molecule has 1 saturated carbocycles. The number of aliphatic hydroxyl groups excluding tert-OH is 2. The van der Waals surface area contributed by atoms with Crippen LogP contribution in [-0.4, -0.2) is 77.4 Å². The van der Waals surface area contributed by atoms with Crippen molar-refractivity contribution in [2.45, 2.75) is 167 Å². The first-order chi connectivity index (χ1) is 31.6. The van der Waals surface area contributed by atoms with E-state index in [1.807, 2.05) is 56.0 Å². The third-order valence-electron chi connectivity index (χ3n) is 13.4. The quantitative estimate of drug-likeness (QED) is 0.0487. The van der Waals surface area contributed by atoms with E-state index < -0.39 is 23.3 Å². The Kier molecular flexibility index (Phi) is 18.8. The van der Waals surface area contributed by atoms with Crippen molar-refractivity contribution in [1.29, 1.82) is 0 Å². The summed E-state index contributed by atoms with van der Waals surface area (Å²) >= 11 is 0. The number of rotatable bonds is 28. The molecule has 2 aliphatic carbocycles. The van der Waals surface area contributed by atoms with Gasteiger partial charge in [0.2, 0.25) is 18.5 Å². The van der Waals surface area contributed by atoms with Gasteiger partial charge in [-0.25, -0.2) is 0 Å². The molecule has 0 radical (unpaired) electrons. The largest absolute Gasteiger partial charge is 0.490 e. The lowest BCUT2D eigenvalue weighted by molar-refractivity contribution is -0.258. The van der Waals surface area contributed by atoms with Crippen LogP contribution in [0.1, 0.15) is 154 Å². The molecular weight excluding hydrogens is 821 g/mol. The average molecular weight is 899 g/mol. The second kappa shape index (κ2) is 24.4. The molecule has 4 aliphatic rings. The highest BCUT2D eigenvalue weighted by molar-refractivity contribution is 6.03. The molecule has 358 valence electrons. The van der Waals surface area contributed by atoms with Crippen molar-refractivity contribution >= 4 is 11.6 Å². The number of fused-ring (bicyclic) bond motifs is 3. The predicted molar refractivity (Wildman–Crippen MR) is 256 cm³/mol. The minimum Gasteiger partial charge on any atom is -0.490 e. The highest BCUT2D eigenvalue weighted by Gasteiger charge is 2.65. The molecule has 0 bridgehead atoms.